The largest absolute Gasteiger partial charge is 0.481 e. The Morgan fingerprint density at radius 2 is 1.81 bits per heavy atom. The number of carbonyl (C=O) groups excluding carboxylic acids is 1. The summed E-state index contributed by atoms with van der Waals surface area (Å²) in [6, 6.07) is 7.98. The van der Waals surface area contributed by atoms with Gasteiger partial charge in [0.15, 0.2) is 0 Å². The number of amides is 1. The second kappa shape index (κ2) is 5.35. The molecule has 3 rings (SSSR count). The zero-order chi connectivity index (χ0) is 15.0. The number of carbonyl (C=O) groups is 2. The first kappa shape index (κ1) is 13.9. The minimum absolute atomic E-state index is 0.0517. The van der Waals surface area contributed by atoms with Gasteiger partial charge in [-0.05, 0) is 37.8 Å². The fourth-order valence-electron chi connectivity index (χ4n) is 3.44. The van der Waals surface area contributed by atoms with Crippen molar-refractivity contribution in [2.24, 2.45) is 11.8 Å². The average Bonchev–Trinajstić information content (AvgIpc) is 2.82. The molecule has 0 saturated heterocycles. The average molecular weight is 285 g/mol. The van der Waals surface area contributed by atoms with Crippen LogP contribution in [-0.2, 0) is 16.0 Å². The summed E-state index contributed by atoms with van der Waals surface area (Å²) in [5.74, 6) is -1.99. The first-order chi connectivity index (χ1) is 10.1. The summed E-state index contributed by atoms with van der Waals surface area (Å²) in [4.78, 5) is 26.1. The molecule has 0 aromatic heterocycles. The van der Waals surface area contributed by atoms with Gasteiger partial charge >= 0.3 is 5.97 Å². The summed E-state index contributed by atoms with van der Waals surface area (Å²) in [7, 11) is 0. The molecule has 4 heteroatoms. The third-order valence-corrected chi connectivity index (χ3v) is 4.51. The lowest BCUT2D eigenvalue weighted by Crippen LogP contribution is -2.44. The van der Waals surface area contributed by atoms with E-state index in [0.717, 1.165) is 17.7 Å². The van der Waals surface area contributed by atoms with Crippen molar-refractivity contribution in [1.29, 1.82) is 0 Å². The monoisotopic (exact) mass is 285 g/mol. The summed E-state index contributed by atoms with van der Waals surface area (Å²) < 4.78 is 0. The van der Waals surface area contributed by atoms with E-state index in [9.17, 15) is 14.7 Å². The molecule has 21 heavy (non-hydrogen) atoms. The lowest BCUT2D eigenvalue weighted by atomic mass is 9.82. The van der Waals surface area contributed by atoms with Crippen molar-refractivity contribution >= 4 is 17.6 Å². The highest BCUT2D eigenvalue weighted by molar-refractivity contribution is 5.99. The molecule has 1 aromatic rings. The van der Waals surface area contributed by atoms with E-state index in [2.05, 4.69) is 0 Å². The fraction of sp³-hybridized carbons (Fsp3) is 0.412. The predicted octanol–water partition coefficient (Wildman–Crippen LogP) is 2.63. The van der Waals surface area contributed by atoms with Gasteiger partial charge in [0.2, 0.25) is 5.91 Å². The van der Waals surface area contributed by atoms with Crippen LogP contribution in [0.4, 0.5) is 5.69 Å². The number of carboxylic acid groups (broad SMARTS) is 1. The molecular formula is C17H19NO3. The van der Waals surface area contributed by atoms with Gasteiger partial charge in [0.25, 0.3) is 0 Å². The van der Waals surface area contributed by atoms with E-state index in [0.29, 0.717) is 12.8 Å². The normalized spacial score (nSPS) is 27.5. The highest BCUT2D eigenvalue weighted by atomic mass is 16.4. The molecule has 4 nitrogen and oxygen atoms in total. The van der Waals surface area contributed by atoms with E-state index in [4.69, 9.17) is 0 Å². The number of benzene rings is 1. The van der Waals surface area contributed by atoms with E-state index in [1.165, 1.54) is 0 Å². The standard InChI is InChI=1S/C17H19NO3/c1-11-10-12-6-2-5-9-15(12)18(11)16(19)13-7-3-4-8-14(13)17(20)21/h2-6,9,11,13-14H,7-8,10H2,1H3,(H,20,21)/t11?,13-,14+/m1/s1. The van der Waals surface area contributed by atoms with E-state index in [-0.39, 0.29) is 11.9 Å². The second-order valence-corrected chi connectivity index (χ2v) is 5.88. The van der Waals surface area contributed by atoms with E-state index in [1.807, 2.05) is 43.3 Å². The third kappa shape index (κ3) is 2.35. The van der Waals surface area contributed by atoms with Gasteiger partial charge in [0, 0.05) is 11.7 Å². The van der Waals surface area contributed by atoms with Crippen LogP contribution in [0.25, 0.3) is 0 Å². The molecule has 1 amide bonds. The number of nitrogens with zero attached hydrogens (tertiary/aromatic N) is 1. The zero-order valence-electron chi connectivity index (χ0n) is 12.0. The number of hydrogen-bond acceptors (Lipinski definition) is 2. The highest BCUT2D eigenvalue weighted by Gasteiger charge is 2.40. The smallest absolute Gasteiger partial charge is 0.307 e. The quantitative estimate of drug-likeness (QED) is 0.850. The summed E-state index contributed by atoms with van der Waals surface area (Å²) in [6.07, 6.45) is 5.58. The molecule has 1 unspecified atom stereocenters. The Labute approximate surface area is 124 Å². The van der Waals surface area contributed by atoms with Crippen molar-refractivity contribution < 1.29 is 14.7 Å². The molecule has 1 aliphatic heterocycles. The van der Waals surface area contributed by atoms with Crippen LogP contribution >= 0.6 is 0 Å². The molecule has 2 aliphatic rings. The number of para-hydroxylation sites is 1. The zero-order valence-corrected chi connectivity index (χ0v) is 12.0. The van der Waals surface area contributed by atoms with E-state index in [1.54, 1.807) is 4.90 Å². The van der Waals surface area contributed by atoms with Crippen LogP contribution < -0.4 is 4.90 Å². The summed E-state index contributed by atoms with van der Waals surface area (Å²) in [6.45, 7) is 2.02. The third-order valence-electron chi connectivity index (χ3n) is 4.51. The predicted molar refractivity (Wildman–Crippen MR) is 80.1 cm³/mol. The summed E-state index contributed by atoms with van der Waals surface area (Å²) in [5, 5.41) is 9.36. The van der Waals surface area contributed by atoms with Gasteiger partial charge in [-0.25, -0.2) is 0 Å². The number of fused-ring (bicyclic) bond motifs is 1. The Balaban J connectivity index is 1.91. The van der Waals surface area contributed by atoms with Crippen molar-refractivity contribution in [2.45, 2.75) is 32.2 Å². The van der Waals surface area contributed by atoms with Gasteiger partial charge in [-0.2, -0.15) is 0 Å². The molecule has 1 aliphatic carbocycles. The second-order valence-electron chi connectivity index (χ2n) is 5.88. The Kier molecular flexibility index (Phi) is 3.53. The molecule has 3 atom stereocenters. The lowest BCUT2D eigenvalue weighted by Gasteiger charge is -2.31. The molecule has 0 saturated carbocycles. The van der Waals surface area contributed by atoms with Crippen molar-refractivity contribution in [3.63, 3.8) is 0 Å². The maximum absolute atomic E-state index is 12.9. The van der Waals surface area contributed by atoms with E-state index >= 15 is 0 Å². The first-order valence-electron chi connectivity index (χ1n) is 7.38. The SMILES string of the molecule is CC1Cc2ccccc2N1C(=O)[C@@H]1CC=CC[C@@H]1C(=O)O. The van der Waals surface area contributed by atoms with Crippen LogP contribution in [0.5, 0.6) is 0 Å². The summed E-state index contributed by atoms with van der Waals surface area (Å²) >= 11 is 0. The van der Waals surface area contributed by atoms with Crippen LogP contribution in [0.3, 0.4) is 0 Å². The van der Waals surface area contributed by atoms with Crippen LogP contribution in [0.1, 0.15) is 25.3 Å². The van der Waals surface area contributed by atoms with Gasteiger partial charge in [-0.1, -0.05) is 30.4 Å². The molecule has 110 valence electrons. The van der Waals surface area contributed by atoms with Gasteiger partial charge in [-0.3, -0.25) is 9.59 Å². The van der Waals surface area contributed by atoms with Crippen molar-refractivity contribution in [2.75, 3.05) is 4.90 Å². The fourth-order valence-corrected chi connectivity index (χ4v) is 3.44. The number of rotatable bonds is 2. The minimum Gasteiger partial charge on any atom is -0.481 e. The van der Waals surface area contributed by atoms with Crippen LogP contribution in [0, 0.1) is 11.8 Å². The Bertz CT molecular complexity index is 608. The topological polar surface area (TPSA) is 57.6 Å². The Morgan fingerprint density at radius 3 is 2.52 bits per heavy atom. The Hall–Kier alpha value is -2.10. The van der Waals surface area contributed by atoms with Crippen molar-refractivity contribution in [1.82, 2.24) is 0 Å². The number of anilines is 1. The molecular weight excluding hydrogens is 266 g/mol. The van der Waals surface area contributed by atoms with Crippen LogP contribution in [-0.4, -0.2) is 23.0 Å². The lowest BCUT2D eigenvalue weighted by molar-refractivity contribution is -0.146. The minimum atomic E-state index is -0.877. The molecule has 1 aromatic carbocycles. The number of hydrogen-bond donors (Lipinski definition) is 1. The number of carboxylic acids is 1. The van der Waals surface area contributed by atoms with Crippen molar-refractivity contribution in [3.05, 3.63) is 42.0 Å². The van der Waals surface area contributed by atoms with Crippen molar-refractivity contribution in [3.8, 4) is 0 Å². The van der Waals surface area contributed by atoms with Gasteiger partial charge in [0.05, 0.1) is 11.8 Å². The van der Waals surface area contributed by atoms with Gasteiger partial charge < -0.3 is 10.0 Å². The number of aliphatic carboxylic acids is 1. The molecule has 0 fully saturated rings. The van der Waals surface area contributed by atoms with Gasteiger partial charge in [-0.15, -0.1) is 0 Å². The molecule has 0 spiro atoms. The molecule has 1 heterocycles. The highest BCUT2D eigenvalue weighted by Crippen LogP contribution is 2.36. The maximum Gasteiger partial charge on any atom is 0.307 e. The van der Waals surface area contributed by atoms with Crippen LogP contribution in [0.15, 0.2) is 36.4 Å². The molecule has 0 radical (unpaired) electrons. The first-order valence-corrected chi connectivity index (χ1v) is 7.38. The molecule has 0 bridgehead atoms. The Morgan fingerprint density at radius 1 is 1.14 bits per heavy atom. The van der Waals surface area contributed by atoms with E-state index < -0.39 is 17.8 Å². The molecule has 1 N–H and O–H groups in total. The maximum atomic E-state index is 12.9. The van der Waals surface area contributed by atoms with Gasteiger partial charge in [0.1, 0.15) is 0 Å². The summed E-state index contributed by atoms with van der Waals surface area (Å²) in [5.41, 5.74) is 2.10. The number of allylic oxidation sites excluding steroid dienone is 2. The van der Waals surface area contributed by atoms with Crippen LogP contribution in [0.2, 0.25) is 0 Å².